The van der Waals surface area contributed by atoms with Gasteiger partial charge in [-0.05, 0) is 40.5 Å². The van der Waals surface area contributed by atoms with Crippen molar-refractivity contribution in [2.24, 2.45) is 0 Å². The Morgan fingerprint density at radius 3 is 2.41 bits per heavy atom. The van der Waals surface area contributed by atoms with E-state index in [0.29, 0.717) is 22.8 Å². The number of thiazole rings is 1. The minimum atomic E-state index is -0.991. The van der Waals surface area contributed by atoms with Crippen LogP contribution in [-0.4, -0.2) is 32.8 Å². The van der Waals surface area contributed by atoms with Crippen molar-refractivity contribution >= 4 is 34.3 Å². The van der Waals surface area contributed by atoms with Crippen LogP contribution in [0.25, 0.3) is 11.1 Å². The summed E-state index contributed by atoms with van der Waals surface area (Å²) < 4.78 is 0. The van der Waals surface area contributed by atoms with E-state index in [-0.39, 0.29) is 17.4 Å². The molecule has 1 aromatic heterocycles. The van der Waals surface area contributed by atoms with Crippen molar-refractivity contribution in [2.75, 3.05) is 5.32 Å². The van der Waals surface area contributed by atoms with Gasteiger partial charge in [-0.15, -0.1) is 11.3 Å². The molecule has 0 unspecified atom stereocenters. The van der Waals surface area contributed by atoms with Gasteiger partial charge in [0, 0.05) is 23.7 Å². The monoisotopic (exact) mass is 469 g/mol. The number of hydrogen-bond acceptors (Lipinski definition) is 5. The molecule has 4 aromatic rings. The highest BCUT2D eigenvalue weighted by Gasteiger charge is 2.37. The van der Waals surface area contributed by atoms with Gasteiger partial charge in [-0.1, -0.05) is 54.6 Å². The molecule has 7 nitrogen and oxygen atoms in total. The Hall–Kier alpha value is -4.30. The van der Waals surface area contributed by atoms with Crippen LogP contribution in [0.4, 0.5) is 5.13 Å². The van der Waals surface area contributed by atoms with Crippen LogP contribution in [0, 0.1) is 0 Å². The van der Waals surface area contributed by atoms with Gasteiger partial charge in [0.05, 0.1) is 5.56 Å². The van der Waals surface area contributed by atoms with Gasteiger partial charge in [0.2, 0.25) is 0 Å². The molecule has 0 fully saturated rings. The van der Waals surface area contributed by atoms with Crippen molar-refractivity contribution in [1.82, 2.24) is 9.88 Å². The number of aromatic carboxylic acids is 1. The number of rotatable bonds is 6. The van der Waals surface area contributed by atoms with E-state index in [1.807, 2.05) is 42.5 Å². The minimum Gasteiger partial charge on any atom is -0.478 e. The van der Waals surface area contributed by atoms with E-state index in [1.54, 1.807) is 34.7 Å². The highest BCUT2D eigenvalue weighted by atomic mass is 32.1. The van der Waals surface area contributed by atoms with E-state index in [4.69, 9.17) is 5.11 Å². The van der Waals surface area contributed by atoms with Crippen molar-refractivity contribution in [1.29, 1.82) is 0 Å². The maximum Gasteiger partial charge on any atom is 0.335 e. The minimum absolute atomic E-state index is 0.198. The van der Waals surface area contributed by atoms with Gasteiger partial charge in [0.1, 0.15) is 6.04 Å². The van der Waals surface area contributed by atoms with Crippen LogP contribution in [0.2, 0.25) is 0 Å². The van der Waals surface area contributed by atoms with E-state index in [0.717, 1.165) is 16.7 Å². The van der Waals surface area contributed by atoms with Gasteiger partial charge in [-0.25, -0.2) is 9.78 Å². The zero-order chi connectivity index (χ0) is 23.7. The van der Waals surface area contributed by atoms with Crippen LogP contribution in [0.3, 0.4) is 0 Å². The Morgan fingerprint density at radius 2 is 1.74 bits per heavy atom. The topological polar surface area (TPSA) is 99.6 Å². The molecule has 8 heteroatoms. The highest BCUT2D eigenvalue weighted by molar-refractivity contribution is 7.13. The first-order valence-corrected chi connectivity index (χ1v) is 11.4. The number of hydrogen-bond donors (Lipinski definition) is 2. The standard InChI is InChI=1S/C26H19N3O4S/c30-23(28-26-27-12-13-34-26)22(17-4-2-1-3-5-17)29-15-20-11-10-19(14-21(20)24(29)31)16-6-8-18(9-7-16)25(32)33/h1-14,22H,15H2,(H,32,33)(H,27,28,30)/t22-/m1/s1. The second kappa shape index (κ2) is 8.92. The molecule has 0 spiro atoms. The third-order valence-electron chi connectivity index (χ3n) is 5.74. The van der Waals surface area contributed by atoms with Crippen LogP contribution in [-0.2, 0) is 11.3 Å². The second-order valence-corrected chi connectivity index (χ2v) is 8.72. The normalized spacial score (nSPS) is 13.4. The molecule has 1 aliphatic rings. The number of amides is 2. The first-order chi connectivity index (χ1) is 16.5. The van der Waals surface area contributed by atoms with E-state index < -0.39 is 12.0 Å². The average Bonchev–Trinajstić information content (AvgIpc) is 3.48. The molecular weight excluding hydrogens is 450 g/mol. The Morgan fingerprint density at radius 1 is 1.00 bits per heavy atom. The first kappa shape index (κ1) is 21.5. The molecular formula is C26H19N3O4S. The number of carboxylic acid groups (broad SMARTS) is 1. The van der Waals surface area contributed by atoms with Gasteiger partial charge >= 0.3 is 5.97 Å². The summed E-state index contributed by atoms with van der Waals surface area (Å²) in [4.78, 5) is 43.6. The zero-order valence-corrected chi connectivity index (χ0v) is 18.7. The van der Waals surface area contributed by atoms with Crippen LogP contribution >= 0.6 is 11.3 Å². The maximum atomic E-state index is 13.5. The third-order valence-corrected chi connectivity index (χ3v) is 6.43. The molecule has 0 radical (unpaired) electrons. The summed E-state index contributed by atoms with van der Waals surface area (Å²) in [6, 6.07) is 20.5. The summed E-state index contributed by atoms with van der Waals surface area (Å²) in [5.41, 5.74) is 3.88. The largest absolute Gasteiger partial charge is 0.478 e. The lowest BCUT2D eigenvalue weighted by molar-refractivity contribution is -0.120. The highest BCUT2D eigenvalue weighted by Crippen LogP contribution is 2.35. The van der Waals surface area contributed by atoms with Gasteiger partial charge in [0.15, 0.2) is 5.13 Å². The first-order valence-electron chi connectivity index (χ1n) is 10.5. The van der Waals surface area contributed by atoms with Gasteiger partial charge in [-0.3, -0.25) is 14.9 Å². The number of aromatic nitrogens is 1. The molecule has 34 heavy (non-hydrogen) atoms. The smallest absolute Gasteiger partial charge is 0.335 e. The molecule has 0 saturated heterocycles. The van der Waals surface area contributed by atoms with Crippen LogP contribution in [0.15, 0.2) is 84.4 Å². The zero-order valence-electron chi connectivity index (χ0n) is 17.8. The Kier molecular flexibility index (Phi) is 5.65. The number of nitrogens with one attached hydrogen (secondary N) is 1. The Labute approximate surface area is 199 Å². The number of carbonyl (C=O) groups is 3. The van der Waals surface area contributed by atoms with E-state index in [2.05, 4.69) is 10.3 Å². The van der Waals surface area contributed by atoms with Crippen molar-refractivity contribution in [3.63, 3.8) is 0 Å². The summed E-state index contributed by atoms with van der Waals surface area (Å²) >= 11 is 1.31. The fraction of sp³-hybridized carbons (Fsp3) is 0.0769. The average molecular weight is 470 g/mol. The second-order valence-electron chi connectivity index (χ2n) is 7.83. The summed E-state index contributed by atoms with van der Waals surface area (Å²) in [5.74, 6) is -1.55. The molecule has 3 aromatic carbocycles. The lowest BCUT2D eigenvalue weighted by Crippen LogP contribution is -2.37. The number of nitrogens with zero attached hydrogens (tertiary/aromatic N) is 2. The van der Waals surface area contributed by atoms with Gasteiger partial charge in [0.25, 0.3) is 11.8 Å². The van der Waals surface area contributed by atoms with E-state index in [9.17, 15) is 14.4 Å². The number of benzene rings is 3. The fourth-order valence-corrected chi connectivity index (χ4v) is 4.62. The molecule has 2 heterocycles. The quantitative estimate of drug-likeness (QED) is 0.421. The summed E-state index contributed by atoms with van der Waals surface area (Å²) in [5, 5.41) is 14.2. The molecule has 0 saturated carbocycles. The molecule has 5 rings (SSSR count). The number of carboxylic acids is 1. The number of carbonyl (C=O) groups excluding carboxylic acids is 2. The molecule has 1 atom stereocenters. The molecule has 168 valence electrons. The maximum absolute atomic E-state index is 13.5. The van der Waals surface area contributed by atoms with Crippen LogP contribution in [0.5, 0.6) is 0 Å². The molecule has 2 N–H and O–H groups in total. The van der Waals surface area contributed by atoms with E-state index >= 15 is 0 Å². The van der Waals surface area contributed by atoms with Crippen molar-refractivity contribution in [2.45, 2.75) is 12.6 Å². The van der Waals surface area contributed by atoms with Crippen molar-refractivity contribution in [3.8, 4) is 11.1 Å². The van der Waals surface area contributed by atoms with Crippen LogP contribution < -0.4 is 5.32 Å². The third kappa shape index (κ3) is 4.06. The van der Waals surface area contributed by atoms with Crippen molar-refractivity contribution < 1.29 is 19.5 Å². The lowest BCUT2D eigenvalue weighted by atomic mass is 9.99. The predicted molar refractivity (Wildman–Crippen MR) is 129 cm³/mol. The summed E-state index contributed by atoms with van der Waals surface area (Å²) in [7, 11) is 0. The number of anilines is 1. The van der Waals surface area contributed by atoms with Crippen molar-refractivity contribution in [3.05, 3.63) is 107 Å². The Balaban J connectivity index is 1.46. The molecule has 1 aliphatic heterocycles. The van der Waals surface area contributed by atoms with Gasteiger partial charge in [-0.2, -0.15) is 0 Å². The van der Waals surface area contributed by atoms with E-state index in [1.165, 1.54) is 23.5 Å². The molecule has 0 bridgehead atoms. The summed E-state index contributed by atoms with van der Waals surface area (Å²) in [6.07, 6.45) is 1.61. The lowest BCUT2D eigenvalue weighted by Gasteiger charge is -2.27. The molecule has 0 aliphatic carbocycles. The predicted octanol–water partition coefficient (Wildman–Crippen LogP) is 4.84. The summed E-state index contributed by atoms with van der Waals surface area (Å²) in [6.45, 7) is 0.303. The van der Waals surface area contributed by atoms with Gasteiger partial charge < -0.3 is 10.0 Å². The Bertz CT molecular complexity index is 1370. The SMILES string of the molecule is O=C(O)c1ccc(-c2ccc3c(c2)C(=O)N([C@@H](C(=O)Nc2nccs2)c2ccccc2)C3)cc1. The van der Waals surface area contributed by atoms with Crippen LogP contribution in [0.1, 0.15) is 37.9 Å². The molecule has 2 amide bonds. The fourth-order valence-electron chi connectivity index (χ4n) is 4.08. The number of fused-ring (bicyclic) bond motifs is 1.